The fourth-order valence-electron chi connectivity index (χ4n) is 2.13. The van der Waals surface area contributed by atoms with Gasteiger partial charge in [-0.2, -0.15) is 0 Å². The van der Waals surface area contributed by atoms with Gasteiger partial charge in [-0.05, 0) is 24.7 Å². The van der Waals surface area contributed by atoms with Crippen LogP contribution in [0.5, 0.6) is 5.75 Å². The van der Waals surface area contributed by atoms with Crippen LogP contribution in [0.2, 0.25) is 0 Å². The molecule has 2 aromatic carbocycles. The van der Waals surface area contributed by atoms with Gasteiger partial charge >= 0.3 is 0 Å². The summed E-state index contributed by atoms with van der Waals surface area (Å²) in [5.74, 6) is 0.606. The summed E-state index contributed by atoms with van der Waals surface area (Å²) in [5.41, 5.74) is 1.88. The first-order chi connectivity index (χ1) is 10.2. The number of para-hydroxylation sites is 2. The highest BCUT2D eigenvalue weighted by Gasteiger charge is 2.09. The maximum atomic E-state index is 12.1. The number of carbonyl (C=O) groups excluding carboxylic acids is 1. The molecule has 0 spiro atoms. The smallest absolute Gasteiger partial charge is 0.238 e. The summed E-state index contributed by atoms with van der Waals surface area (Å²) in [4.78, 5) is 14.0. The molecule has 2 aromatic rings. The Morgan fingerprint density at radius 1 is 1.10 bits per heavy atom. The van der Waals surface area contributed by atoms with Gasteiger partial charge in [0, 0.05) is 6.54 Å². The molecule has 0 heterocycles. The minimum absolute atomic E-state index is 0.0575. The lowest BCUT2D eigenvalue weighted by molar-refractivity contribution is -0.117. The zero-order valence-corrected chi connectivity index (χ0v) is 12.4. The highest BCUT2D eigenvalue weighted by Crippen LogP contribution is 2.22. The van der Waals surface area contributed by atoms with E-state index in [0.717, 1.165) is 6.54 Å². The quantitative estimate of drug-likeness (QED) is 0.887. The Morgan fingerprint density at radius 3 is 2.48 bits per heavy atom. The maximum Gasteiger partial charge on any atom is 0.238 e. The Morgan fingerprint density at radius 2 is 1.76 bits per heavy atom. The SMILES string of the molecule is COc1ccccc1NC(=O)CN(C)Cc1ccccc1. The summed E-state index contributed by atoms with van der Waals surface area (Å²) < 4.78 is 5.22. The fourth-order valence-corrected chi connectivity index (χ4v) is 2.13. The zero-order valence-electron chi connectivity index (χ0n) is 12.4. The number of benzene rings is 2. The topological polar surface area (TPSA) is 41.6 Å². The van der Waals surface area contributed by atoms with Crippen molar-refractivity contribution in [3.63, 3.8) is 0 Å². The van der Waals surface area contributed by atoms with E-state index in [0.29, 0.717) is 18.0 Å². The van der Waals surface area contributed by atoms with Gasteiger partial charge in [-0.15, -0.1) is 0 Å². The number of methoxy groups -OCH3 is 1. The zero-order chi connectivity index (χ0) is 15.1. The number of anilines is 1. The van der Waals surface area contributed by atoms with Crippen LogP contribution in [-0.4, -0.2) is 31.5 Å². The predicted molar refractivity (Wildman–Crippen MR) is 84.4 cm³/mol. The Hall–Kier alpha value is -2.33. The van der Waals surface area contributed by atoms with E-state index in [1.807, 2.05) is 54.4 Å². The largest absolute Gasteiger partial charge is 0.495 e. The Bertz CT molecular complexity index is 584. The van der Waals surface area contributed by atoms with E-state index in [1.54, 1.807) is 7.11 Å². The van der Waals surface area contributed by atoms with Crippen molar-refractivity contribution in [1.29, 1.82) is 0 Å². The van der Waals surface area contributed by atoms with Gasteiger partial charge in [-0.25, -0.2) is 0 Å². The molecule has 0 bridgehead atoms. The number of hydrogen-bond acceptors (Lipinski definition) is 3. The molecule has 4 heteroatoms. The number of nitrogens with one attached hydrogen (secondary N) is 1. The first-order valence-corrected chi connectivity index (χ1v) is 6.84. The van der Waals surface area contributed by atoms with Crippen molar-refractivity contribution in [1.82, 2.24) is 4.90 Å². The summed E-state index contributed by atoms with van der Waals surface area (Å²) in [6.45, 7) is 1.06. The van der Waals surface area contributed by atoms with Gasteiger partial charge in [0.25, 0.3) is 0 Å². The highest BCUT2D eigenvalue weighted by atomic mass is 16.5. The van der Waals surface area contributed by atoms with Crippen molar-refractivity contribution in [2.24, 2.45) is 0 Å². The van der Waals surface area contributed by atoms with Crippen LogP contribution in [0.1, 0.15) is 5.56 Å². The lowest BCUT2D eigenvalue weighted by Crippen LogP contribution is -2.29. The van der Waals surface area contributed by atoms with E-state index < -0.39 is 0 Å². The van der Waals surface area contributed by atoms with E-state index in [4.69, 9.17) is 4.74 Å². The molecule has 0 saturated carbocycles. The average Bonchev–Trinajstić information content (AvgIpc) is 2.48. The Kier molecular flexibility index (Phi) is 5.35. The van der Waals surface area contributed by atoms with Crippen LogP contribution in [-0.2, 0) is 11.3 Å². The molecule has 1 amide bonds. The molecule has 0 unspecified atom stereocenters. The van der Waals surface area contributed by atoms with Crippen LogP contribution in [0.25, 0.3) is 0 Å². The number of likely N-dealkylation sites (N-methyl/N-ethyl adjacent to an activating group) is 1. The third kappa shape index (κ3) is 4.61. The number of rotatable bonds is 6. The van der Waals surface area contributed by atoms with Gasteiger partial charge in [0.2, 0.25) is 5.91 Å². The second kappa shape index (κ2) is 7.45. The minimum atomic E-state index is -0.0575. The van der Waals surface area contributed by atoms with Gasteiger partial charge in [0.05, 0.1) is 19.3 Å². The number of carbonyl (C=O) groups is 1. The van der Waals surface area contributed by atoms with E-state index >= 15 is 0 Å². The van der Waals surface area contributed by atoms with Crippen LogP contribution in [0.15, 0.2) is 54.6 Å². The van der Waals surface area contributed by atoms with Crippen LogP contribution < -0.4 is 10.1 Å². The lowest BCUT2D eigenvalue weighted by atomic mass is 10.2. The summed E-state index contributed by atoms with van der Waals surface area (Å²) in [6, 6.07) is 17.5. The molecule has 2 rings (SSSR count). The molecule has 21 heavy (non-hydrogen) atoms. The standard InChI is InChI=1S/C17H20N2O2/c1-19(12-14-8-4-3-5-9-14)13-17(20)18-15-10-6-7-11-16(15)21-2/h3-11H,12-13H2,1-2H3,(H,18,20). The number of hydrogen-bond donors (Lipinski definition) is 1. The maximum absolute atomic E-state index is 12.1. The van der Waals surface area contributed by atoms with Crippen LogP contribution in [0, 0.1) is 0 Å². The van der Waals surface area contributed by atoms with Crippen LogP contribution in [0.4, 0.5) is 5.69 Å². The van der Waals surface area contributed by atoms with Crippen molar-refractivity contribution in [3.05, 3.63) is 60.2 Å². The van der Waals surface area contributed by atoms with Crippen molar-refractivity contribution in [2.45, 2.75) is 6.54 Å². The average molecular weight is 284 g/mol. The van der Waals surface area contributed by atoms with Crippen LogP contribution >= 0.6 is 0 Å². The first kappa shape index (κ1) is 15.1. The molecule has 0 radical (unpaired) electrons. The summed E-state index contributed by atoms with van der Waals surface area (Å²) in [7, 11) is 3.52. The molecule has 0 fully saturated rings. The van der Waals surface area contributed by atoms with E-state index in [2.05, 4.69) is 17.4 Å². The normalized spacial score (nSPS) is 10.4. The van der Waals surface area contributed by atoms with Gasteiger partial charge in [-0.1, -0.05) is 42.5 Å². The minimum Gasteiger partial charge on any atom is -0.495 e. The lowest BCUT2D eigenvalue weighted by Gasteiger charge is -2.17. The molecule has 0 aliphatic heterocycles. The Balaban J connectivity index is 1.89. The predicted octanol–water partition coefficient (Wildman–Crippen LogP) is 2.77. The number of amides is 1. The molecule has 0 aromatic heterocycles. The van der Waals surface area contributed by atoms with Crippen molar-refractivity contribution < 1.29 is 9.53 Å². The molecule has 110 valence electrons. The molecule has 0 aliphatic rings. The molecule has 4 nitrogen and oxygen atoms in total. The monoisotopic (exact) mass is 284 g/mol. The van der Waals surface area contributed by atoms with Gasteiger partial charge in [0.1, 0.15) is 5.75 Å². The molecule has 1 N–H and O–H groups in total. The van der Waals surface area contributed by atoms with Crippen molar-refractivity contribution in [2.75, 3.05) is 26.0 Å². The number of ether oxygens (including phenoxy) is 1. The van der Waals surface area contributed by atoms with Crippen molar-refractivity contribution in [3.8, 4) is 5.75 Å². The first-order valence-electron chi connectivity index (χ1n) is 6.84. The molecule has 0 aliphatic carbocycles. The highest BCUT2D eigenvalue weighted by molar-refractivity contribution is 5.93. The summed E-state index contributed by atoms with van der Waals surface area (Å²) in [6.07, 6.45) is 0. The van der Waals surface area contributed by atoms with Gasteiger partial charge < -0.3 is 10.1 Å². The van der Waals surface area contributed by atoms with E-state index in [1.165, 1.54) is 5.56 Å². The molecule has 0 atom stereocenters. The van der Waals surface area contributed by atoms with E-state index in [-0.39, 0.29) is 5.91 Å². The molecule has 0 saturated heterocycles. The second-order valence-corrected chi connectivity index (χ2v) is 4.91. The van der Waals surface area contributed by atoms with Crippen LogP contribution in [0.3, 0.4) is 0 Å². The second-order valence-electron chi connectivity index (χ2n) is 4.91. The molecular formula is C17H20N2O2. The van der Waals surface area contributed by atoms with Crippen molar-refractivity contribution >= 4 is 11.6 Å². The number of nitrogens with zero attached hydrogens (tertiary/aromatic N) is 1. The van der Waals surface area contributed by atoms with Gasteiger partial charge in [0.15, 0.2) is 0 Å². The third-order valence-electron chi connectivity index (χ3n) is 3.09. The Labute approximate surface area is 125 Å². The molecular weight excluding hydrogens is 264 g/mol. The fraction of sp³-hybridized carbons (Fsp3) is 0.235. The van der Waals surface area contributed by atoms with Gasteiger partial charge in [-0.3, -0.25) is 9.69 Å². The summed E-state index contributed by atoms with van der Waals surface area (Å²) >= 11 is 0. The van der Waals surface area contributed by atoms with E-state index in [9.17, 15) is 4.79 Å². The summed E-state index contributed by atoms with van der Waals surface area (Å²) in [5, 5.41) is 2.87. The third-order valence-corrected chi connectivity index (χ3v) is 3.09.